The van der Waals surface area contributed by atoms with Gasteiger partial charge < -0.3 is 9.80 Å². The van der Waals surface area contributed by atoms with E-state index < -0.39 is 6.85 Å². The Morgan fingerprint density at radius 1 is 0.348 bits per heavy atom. The summed E-state index contributed by atoms with van der Waals surface area (Å²) in [7, 11) is 0. The van der Waals surface area contributed by atoms with E-state index in [2.05, 4.69) is 193 Å². The molecule has 0 bridgehead atoms. The number of rotatable bonds is 2. The summed E-state index contributed by atoms with van der Waals surface area (Å²) in [5.74, 6) is 0. The first-order valence-electron chi connectivity index (χ1n) is 27.2. The summed E-state index contributed by atoms with van der Waals surface area (Å²) < 4.78 is 27.7. The van der Waals surface area contributed by atoms with Gasteiger partial charge in [-0.2, -0.15) is 0 Å². The third-order valence-corrected chi connectivity index (χ3v) is 19.2. The zero-order valence-electron chi connectivity index (χ0n) is 46.6. The van der Waals surface area contributed by atoms with Crippen LogP contribution in [0.4, 0.5) is 34.1 Å². The van der Waals surface area contributed by atoms with Gasteiger partial charge >= 0.3 is 0 Å². The van der Waals surface area contributed by atoms with Crippen LogP contribution in [0.25, 0.3) is 0 Å². The molecule has 66 heavy (non-hydrogen) atoms. The molecule has 0 atom stereocenters. The number of hydrogen-bond acceptors (Lipinski definition) is 2. The van der Waals surface area contributed by atoms with Gasteiger partial charge in [-0.25, -0.2) is 0 Å². The van der Waals surface area contributed by atoms with E-state index in [1.807, 2.05) is 0 Å². The van der Waals surface area contributed by atoms with Gasteiger partial charge in [0.2, 0.25) is 0 Å². The Bertz CT molecular complexity index is 2840. The van der Waals surface area contributed by atoms with Crippen LogP contribution in [0, 0.1) is 6.85 Å². The second-order valence-corrected chi connectivity index (χ2v) is 27.5. The van der Waals surface area contributed by atoms with E-state index in [-0.39, 0.29) is 50.0 Å². The van der Waals surface area contributed by atoms with Gasteiger partial charge in [-0.1, -0.05) is 135 Å². The fraction of sp³-hybridized carbons (Fsp3) is 0.524. The zero-order valence-corrected chi connectivity index (χ0v) is 43.6. The standard InChI is InChI=1S/C63H79BN2/c1-38-30-53-55-54(31-38)66(40-19-21-42-44(33-40)59(8,9)25-23-57(42,4)5)52-37-48-46(61(12,13)27-29-63(48,16)17)35-50(52)64(55)49-34-45-47(62(14,15)28-26-60(45,10)11)36-51(49)65(53)39-18-20-41-43(32-39)58(6,7)24-22-56(41,2)3/h18-21,30-37H,22-29H2,1-17H3/i1D3. The molecule has 5 aromatic rings. The van der Waals surface area contributed by atoms with Crippen LogP contribution < -0.4 is 26.2 Å². The number of hydrogen-bond donors (Lipinski definition) is 0. The molecule has 344 valence electrons. The first kappa shape index (κ1) is 40.8. The topological polar surface area (TPSA) is 6.48 Å². The molecule has 0 radical (unpaired) electrons. The predicted octanol–water partition coefficient (Wildman–Crippen LogP) is 15.5. The van der Waals surface area contributed by atoms with E-state index in [0.717, 1.165) is 74.1 Å². The van der Waals surface area contributed by atoms with Crippen molar-refractivity contribution < 1.29 is 4.11 Å². The minimum absolute atomic E-state index is 0.00449. The average molecular weight is 878 g/mol. The lowest BCUT2D eigenvalue weighted by Crippen LogP contribution is -2.62. The molecule has 0 spiro atoms. The quantitative estimate of drug-likeness (QED) is 0.160. The predicted molar refractivity (Wildman–Crippen MR) is 286 cm³/mol. The van der Waals surface area contributed by atoms with Gasteiger partial charge in [0.05, 0.1) is 0 Å². The Hall–Kier alpha value is -4.24. The normalized spacial score (nSPS) is 24.2. The maximum absolute atomic E-state index is 9.24. The van der Waals surface area contributed by atoms with E-state index in [0.29, 0.717) is 5.56 Å². The Labute approximate surface area is 404 Å². The van der Waals surface area contributed by atoms with Crippen LogP contribution in [0.5, 0.6) is 0 Å². The number of anilines is 6. The summed E-state index contributed by atoms with van der Waals surface area (Å²) in [6.07, 6.45) is 9.03. The van der Waals surface area contributed by atoms with E-state index in [9.17, 15) is 4.11 Å². The number of aryl methyl sites for hydroxylation is 1. The van der Waals surface area contributed by atoms with Crippen molar-refractivity contribution in [3.63, 3.8) is 0 Å². The summed E-state index contributed by atoms with van der Waals surface area (Å²) >= 11 is 0. The van der Waals surface area contributed by atoms with Gasteiger partial charge in [0.15, 0.2) is 0 Å². The molecular weight excluding hydrogens is 796 g/mol. The van der Waals surface area contributed by atoms with Crippen molar-refractivity contribution in [3.05, 3.63) is 123 Å². The lowest BCUT2D eigenvalue weighted by molar-refractivity contribution is 0.332. The average Bonchev–Trinajstić information content (AvgIpc) is 3.26. The molecule has 0 fully saturated rings. The van der Waals surface area contributed by atoms with Gasteiger partial charge in [-0.3, -0.25) is 0 Å². The van der Waals surface area contributed by atoms with Gasteiger partial charge in [0, 0.05) is 38.2 Å². The highest BCUT2D eigenvalue weighted by atomic mass is 15.2. The second kappa shape index (κ2) is 13.5. The number of fused-ring (bicyclic) bond motifs is 8. The van der Waals surface area contributed by atoms with E-state index in [4.69, 9.17) is 0 Å². The highest BCUT2D eigenvalue weighted by molar-refractivity contribution is 7.00. The molecule has 4 aliphatic carbocycles. The van der Waals surface area contributed by atoms with Gasteiger partial charge in [-0.05, 0) is 217 Å². The van der Waals surface area contributed by atoms with Crippen LogP contribution in [0.2, 0.25) is 0 Å². The van der Waals surface area contributed by atoms with Crippen LogP contribution in [0.3, 0.4) is 0 Å². The lowest BCUT2D eigenvalue weighted by atomic mass is 9.32. The van der Waals surface area contributed by atoms with Crippen molar-refractivity contribution >= 4 is 57.2 Å². The molecule has 0 N–H and O–H groups in total. The third kappa shape index (κ3) is 6.25. The van der Waals surface area contributed by atoms with Gasteiger partial charge in [0.25, 0.3) is 6.71 Å². The number of benzene rings is 5. The van der Waals surface area contributed by atoms with E-state index >= 15 is 0 Å². The highest BCUT2D eigenvalue weighted by Gasteiger charge is 2.49. The Morgan fingerprint density at radius 3 is 0.955 bits per heavy atom. The van der Waals surface area contributed by atoms with Crippen molar-refractivity contribution in [1.82, 2.24) is 0 Å². The molecule has 11 rings (SSSR count). The molecular formula is C63H79BN2. The van der Waals surface area contributed by atoms with Crippen LogP contribution in [0.1, 0.15) is 216 Å². The summed E-state index contributed by atoms with van der Waals surface area (Å²) in [6, 6.07) is 29.1. The van der Waals surface area contributed by atoms with Crippen molar-refractivity contribution in [2.75, 3.05) is 9.80 Å². The number of nitrogens with zero attached hydrogens (tertiary/aromatic N) is 2. The van der Waals surface area contributed by atoms with Crippen LogP contribution in [-0.4, -0.2) is 6.71 Å². The molecule has 3 heteroatoms. The van der Waals surface area contributed by atoms with Gasteiger partial charge in [0.1, 0.15) is 0 Å². The van der Waals surface area contributed by atoms with Crippen molar-refractivity contribution in [2.24, 2.45) is 0 Å². The summed E-state index contributed by atoms with van der Waals surface area (Å²) in [6.45, 7) is 36.4. The van der Waals surface area contributed by atoms with E-state index in [1.165, 1.54) is 72.3 Å². The van der Waals surface area contributed by atoms with Crippen LogP contribution in [-0.2, 0) is 43.3 Å². The first-order valence-corrected chi connectivity index (χ1v) is 25.7. The summed E-state index contributed by atoms with van der Waals surface area (Å²) in [5, 5.41) is 0. The van der Waals surface area contributed by atoms with Crippen LogP contribution in [0.15, 0.2) is 72.8 Å². The second-order valence-electron chi connectivity index (χ2n) is 27.5. The highest BCUT2D eigenvalue weighted by Crippen LogP contribution is 2.55. The molecule has 0 saturated heterocycles. The molecule has 2 aliphatic heterocycles. The molecule has 0 saturated carbocycles. The Kier molecular flexibility index (Phi) is 8.35. The molecule has 6 aliphatic rings. The van der Waals surface area contributed by atoms with Gasteiger partial charge in [-0.15, -0.1) is 0 Å². The first-order chi connectivity index (χ1) is 31.8. The Balaban J connectivity index is 1.30. The monoisotopic (exact) mass is 878 g/mol. The van der Waals surface area contributed by atoms with Crippen LogP contribution >= 0.6 is 0 Å². The van der Waals surface area contributed by atoms with Crippen molar-refractivity contribution in [3.8, 4) is 0 Å². The zero-order chi connectivity index (χ0) is 49.8. The molecule has 0 aromatic heterocycles. The third-order valence-electron chi connectivity index (χ3n) is 19.2. The molecule has 2 heterocycles. The lowest BCUT2D eigenvalue weighted by Gasteiger charge is -2.49. The molecule has 5 aromatic carbocycles. The summed E-state index contributed by atoms with van der Waals surface area (Å²) in [4.78, 5) is 5.03. The maximum atomic E-state index is 9.24. The largest absolute Gasteiger partial charge is 0.311 e. The van der Waals surface area contributed by atoms with E-state index in [1.54, 1.807) is 0 Å². The fourth-order valence-electron chi connectivity index (χ4n) is 14.1. The Morgan fingerprint density at radius 2 is 0.636 bits per heavy atom. The summed E-state index contributed by atoms with van der Waals surface area (Å²) in [5.41, 5.74) is 22.3. The fourth-order valence-corrected chi connectivity index (χ4v) is 14.1. The minimum atomic E-state index is -2.34. The smallest absolute Gasteiger partial charge is 0.252 e. The molecule has 0 unspecified atom stereocenters. The minimum Gasteiger partial charge on any atom is -0.311 e. The molecule has 0 amide bonds. The maximum Gasteiger partial charge on any atom is 0.252 e. The molecule has 2 nitrogen and oxygen atoms in total. The van der Waals surface area contributed by atoms with Crippen molar-refractivity contribution in [2.45, 2.75) is 212 Å². The van der Waals surface area contributed by atoms with Crippen molar-refractivity contribution in [1.29, 1.82) is 0 Å². The SMILES string of the molecule is [2H]C([2H])([2H])c1cc2c3c(c1)N(c1ccc4c(c1)C(C)(C)CCC4(C)C)c1cc4c(cc1B3c1cc3c(cc1N2c1ccc2c(c1)C(C)(C)CCC2(C)C)C(C)(C)CCC3(C)C)C(C)(C)CCC4(C)C.